The molecule has 0 bridgehead atoms. The number of rotatable bonds is 1. The molecule has 0 aliphatic carbocycles. The van der Waals surface area contributed by atoms with Crippen LogP contribution in [-0.2, 0) is 0 Å². The van der Waals surface area contributed by atoms with Crippen LogP contribution in [0.15, 0.2) is 30.3 Å². The summed E-state index contributed by atoms with van der Waals surface area (Å²) in [7, 11) is 1.91. The van der Waals surface area contributed by atoms with Gasteiger partial charge in [-0.3, -0.25) is 11.7 Å². The zero-order valence-corrected chi connectivity index (χ0v) is 6.04. The van der Waals surface area contributed by atoms with Gasteiger partial charge in [0.2, 0.25) is 0 Å². The summed E-state index contributed by atoms with van der Waals surface area (Å²) in [5.74, 6) is 8.00. The molecule has 3 heteroatoms. The summed E-state index contributed by atoms with van der Waals surface area (Å²) in [6, 6.07) is 10.1. The van der Waals surface area contributed by atoms with Crippen LogP contribution < -0.4 is 17.0 Å². The Bertz CT molecular complexity index is 150. The minimum atomic E-state index is 1.16. The van der Waals surface area contributed by atoms with Crippen molar-refractivity contribution in [3.63, 3.8) is 0 Å². The van der Waals surface area contributed by atoms with Gasteiger partial charge in [-0.1, -0.05) is 18.2 Å². The van der Waals surface area contributed by atoms with Gasteiger partial charge < -0.3 is 5.32 Å². The van der Waals surface area contributed by atoms with E-state index in [9.17, 15) is 0 Å². The van der Waals surface area contributed by atoms with E-state index in [4.69, 9.17) is 0 Å². The Labute approximate surface area is 61.0 Å². The van der Waals surface area contributed by atoms with Crippen LogP contribution in [0.25, 0.3) is 0 Å². The molecule has 0 amide bonds. The molecule has 56 valence electrons. The van der Waals surface area contributed by atoms with Crippen LogP contribution in [0.2, 0.25) is 0 Å². The first-order valence-corrected chi connectivity index (χ1v) is 2.99. The summed E-state index contributed by atoms with van der Waals surface area (Å²) in [6.07, 6.45) is 0. The summed E-state index contributed by atoms with van der Waals surface area (Å²) < 4.78 is 0. The molecule has 1 rings (SSSR count). The molecule has 0 spiro atoms. The molecule has 1 aromatic carbocycles. The van der Waals surface area contributed by atoms with E-state index in [2.05, 4.69) is 17.0 Å². The van der Waals surface area contributed by atoms with E-state index in [0.717, 1.165) is 5.69 Å². The first kappa shape index (κ1) is 8.94. The zero-order valence-electron chi connectivity index (χ0n) is 6.04. The average Bonchev–Trinajstić information content (AvgIpc) is 2.10. The Hall–Kier alpha value is -1.06. The molecule has 0 aliphatic rings. The highest BCUT2D eigenvalue weighted by Crippen LogP contribution is 2.01. The van der Waals surface area contributed by atoms with E-state index in [1.165, 1.54) is 0 Å². The Morgan fingerprint density at radius 2 is 1.60 bits per heavy atom. The Kier molecular flexibility index (Phi) is 5.42. The van der Waals surface area contributed by atoms with Crippen molar-refractivity contribution in [1.29, 1.82) is 0 Å². The van der Waals surface area contributed by atoms with Crippen LogP contribution in [0.3, 0.4) is 0 Å². The number of benzene rings is 1. The lowest BCUT2D eigenvalue weighted by Crippen LogP contribution is -2.02. The van der Waals surface area contributed by atoms with Crippen LogP contribution in [0, 0.1) is 0 Å². The Morgan fingerprint density at radius 3 is 1.90 bits per heavy atom. The molecule has 0 fully saturated rings. The molecule has 0 radical (unpaired) electrons. The molecule has 0 unspecified atom stereocenters. The first-order valence-electron chi connectivity index (χ1n) is 2.99. The van der Waals surface area contributed by atoms with Gasteiger partial charge in [-0.25, -0.2) is 0 Å². The van der Waals surface area contributed by atoms with Crippen LogP contribution in [-0.4, -0.2) is 7.05 Å². The van der Waals surface area contributed by atoms with Crippen LogP contribution in [0.1, 0.15) is 0 Å². The fourth-order valence-corrected chi connectivity index (χ4v) is 0.605. The van der Waals surface area contributed by atoms with Crippen molar-refractivity contribution in [3.8, 4) is 0 Å². The van der Waals surface area contributed by atoms with Crippen LogP contribution in [0.4, 0.5) is 5.69 Å². The van der Waals surface area contributed by atoms with E-state index >= 15 is 0 Å². The third-order valence-corrected chi connectivity index (χ3v) is 1.06. The maximum absolute atomic E-state index is 4.00. The van der Waals surface area contributed by atoms with Crippen molar-refractivity contribution >= 4 is 5.69 Å². The molecule has 0 heterocycles. The fraction of sp³-hybridized carbons (Fsp3) is 0.143. The van der Waals surface area contributed by atoms with Gasteiger partial charge in [-0.2, -0.15) is 0 Å². The van der Waals surface area contributed by atoms with Crippen molar-refractivity contribution in [2.75, 3.05) is 12.4 Å². The van der Waals surface area contributed by atoms with Gasteiger partial charge in [0.15, 0.2) is 0 Å². The number of hydrogen-bond donors (Lipinski definition) is 3. The molecule has 0 aliphatic heterocycles. The highest BCUT2D eigenvalue weighted by molar-refractivity contribution is 5.41. The summed E-state index contributed by atoms with van der Waals surface area (Å²) in [5, 5.41) is 3.03. The number of nitrogens with two attached hydrogens (primary N) is 2. The van der Waals surface area contributed by atoms with Gasteiger partial charge in [0, 0.05) is 12.7 Å². The predicted molar refractivity (Wildman–Crippen MR) is 44.4 cm³/mol. The van der Waals surface area contributed by atoms with Gasteiger partial charge in [0.1, 0.15) is 0 Å². The predicted octanol–water partition coefficient (Wildman–Crippen LogP) is 0.547. The van der Waals surface area contributed by atoms with Gasteiger partial charge in [-0.05, 0) is 12.1 Å². The molecular formula is C7H13N3. The number of anilines is 1. The van der Waals surface area contributed by atoms with Crippen molar-refractivity contribution < 1.29 is 0 Å². The minimum Gasteiger partial charge on any atom is -0.388 e. The van der Waals surface area contributed by atoms with Gasteiger partial charge in [-0.15, -0.1) is 0 Å². The average molecular weight is 139 g/mol. The van der Waals surface area contributed by atoms with Gasteiger partial charge in [0.25, 0.3) is 0 Å². The molecule has 10 heavy (non-hydrogen) atoms. The summed E-state index contributed by atoms with van der Waals surface area (Å²) in [4.78, 5) is 0. The Balaban J connectivity index is 0.000000371. The van der Waals surface area contributed by atoms with Gasteiger partial charge >= 0.3 is 0 Å². The Morgan fingerprint density at radius 1 is 1.10 bits per heavy atom. The minimum absolute atomic E-state index is 1.16. The van der Waals surface area contributed by atoms with Crippen LogP contribution in [0.5, 0.6) is 0 Å². The number of nitrogens with one attached hydrogen (secondary N) is 1. The first-order chi connectivity index (χ1) is 4.93. The van der Waals surface area contributed by atoms with E-state index < -0.39 is 0 Å². The number of para-hydroxylation sites is 1. The van der Waals surface area contributed by atoms with Crippen molar-refractivity contribution in [3.05, 3.63) is 30.3 Å². The van der Waals surface area contributed by atoms with Crippen molar-refractivity contribution in [2.45, 2.75) is 0 Å². The second kappa shape index (κ2) is 6.07. The molecule has 0 atom stereocenters. The smallest absolute Gasteiger partial charge is 0.0337 e. The number of hydrazine groups is 1. The van der Waals surface area contributed by atoms with Crippen molar-refractivity contribution in [2.24, 2.45) is 11.7 Å². The zero-order chi connectivity index (χ0) is 7.82. The molecule has 5 N–H and O–H groups in total. The topological polar surface area (TPSA) is 64.1 Å². The fourth-order valence-electron chi connectivity index (χ4n) is 0.605. The van der Waals surface area contributed by atoms with Gasteiger partial charge in [0.05, 0.1) is 0 Å². The van der Waals surface area contributed by atoms with Crippen molar-refractivity contribution in [1.82, 2.24) is 0 Å². The van der Waals surface area contributed by atoms with E-state index in [1.54, 1.807) is 0 Å². The number of hydrogen-bond acceptors (Lipinski definition) is 3. The standard InChI is InChI=1S/C7H9N.H4N2/c1-8-7-5-3-2-4-6-7;1-2/h2-6,8H,1H3;1-2H2. The SMILES string of the molecule is CNc1ccccc1.NN. The third kappa shape index (κ3) is 3.06. The molecular weight excluding hydrogens is 126 g/mol. The van der Waals surface area contributed by atoms with E-state index in [-0.39, 0.29) is 0 Å². The lowest BCUT2D eigenvalue weighted by Gasteiger charge is -1.94. The maximum atomic E-state index is 4.00. The summed E-state index contributed by atoms with van der Waals surface area (Å²) in [5.41, 5.74) is 1.16. The summed E-state index contributed by atoms with van der Waals surface area (Å²) >= 11 is 0. The molecule has 0 aromatic heterocycles. The highest BCUT2D eigenvalue weighted by Gasteiger charge is 1.77. The second-order valence-electron chi connectivity index (χ2n) is 1.62. The monoisotopic (exact) mass is 139 g/mol. The quantitative estimate of drug-likeness (QED) is 0.393. The second-order valence-corrected chi connectivity index (χ2v) is 1.62. The van der Waals surface area contributed by atoms with E-state index in [1.807, 2.05) is 37.4 Å². The molecule has 3 nitrogen and oxygen atoms in total. The largest absolute Gasteiger partial charge is 0.388 e. The summed E-state index contributed by atoms with van der Waals surface area (Å²) in [6.45, 7) is 0. The molecule has 0 saturated carbocycles. The van der Waals surface area contributed by atoms with E-state index in [0.29, 0.717) is 0 Å². The lowest BCUT2D eigenvalue weighted by atomic mass is 10.3. The van der Waals surface area contributed by atoms with Crippen LogP contribution >= 0.6 is 0 Å². The molecule has 0 saturated heterocycles. The lowest BCUT2D eigenvalue weighted by molar-refractivity contribution is 1.26. The normalized spacial score (nSPS) is 7.50. The third-order valence-electron chi connectivity index (χ3n) is 1.06. The molecule has 1 aromatic rings. The highest BCUT2D eigenvalue weighted by atomic mass is 15.0. The maximum Gasteiger partial charge on any atom is 0.0337 e.